The Labute approximate surface area is 197 Å². The van der Waals surface area contributed by atoms with Crippen LogP contribution in [-0.2, 0) is 10.9 Å². The lowest BCUT2D eigenvalue weighted by atomic mass is 10.2. The molecule has 0 aliphatic carbocycles. The van der Waals surface area contributed by atoms with Gasteiger partial charge in [-0.2, -0.15) is 18.3 Å². The van der Waals surface area contributed by atoms with Crippen LogP contribution in [0, 0.1) is 0 Å². The molecule has 0 saturated carbocycles. The lowest BCUT2D eigenvalue weighted by molar-refractivity contribution is -0.141. The molecule has 0 spiro atoms. The first-order chi connectivity index (χ1) is 15.9. The molecule has 33 heavy (non-hydrogen) atoms. The molecule has 3 aromatic heterocycles. The van der Waals surface area contributed by atoms with E-state index in [1.807, 2.05) is 18.2 Å². The van der Waals surface area contributed by atoms with Crippen molar-refractivity contribution in [2.45, 2.75) is 6.18 Å². The molecular formula is C23H18ClF3N4OS. The maximum atomic E-state index is 13.4. The molecule has 1 saturated heterocycles. The van der Waals surface area contributed by atoms with Gasteiger partial charge >= 0.3 is 6.18 Å². The number of alkyl halides is 3. The third kappa shape index (κ3) is 4.48. The Kier molecular flexibility index (Phi) is 5.86. The molecule has 4 aromatic rings. The van der Waals surface area contributed by atoms with Crippen LogP contribution >= 0.6 is 22.9 Å². The summed E-state index contributed by atoms with van der Waals surface area (Å²) in [7, 11) is 0. The Morgan fingerprint density at radius 1 is 0.970 bits per heavy atom. The van der Waals surface area contributed by atoms with E-state index in [0.29, 0.717) is 34.5 Å². The number of rotatable bonds is 4. The Hall–Kier alpha value is -2.88. The highest BCUT2D eigenvalue weighted by Gasteiger charge is 2.35. The fourth-order valence-corrected chi connectivity index (χ4v) is 4.86. The third-order valence-electron chi connectivity index (χ3n) is 5.31. The predicted octanol–water partition coefficient (Wildman–Crippen LogP) is 6.17. The molecule has 5 rings (SSSR count). The summed E-state index contributed by atoms with van der Waals surface area (Å²) < 4.78 is 47.0. The fourth-order valence-electron chi connectivity index (χ4n) is 3.64. The lowest BCUT2D eigenvalue weighted by Crippen LogP contribution is -2.36. The maximum absolute atomic E-state index is 13.4. The van der Waals surface area contributed by atoms with Crippen molar-refractivity contribution >= 4 is 28.8 Å². The number of para-hydroxylation sites is 1. The van der Waals surface area contributed by atoms with E-state index in [-0.39, 0.29) is 0 Å². The second-order valence-corrected chi connectivity index (χ2v) is 8.94. The summed E-state index contributed by atoms with van der Waals surface area (Å²) in [4.78, 5) is 8.27. The van der Waals surface area contributed by atoms with Crippen molar-refractivity contribution in [2.75, 3.05) is 31.2 Å². The van der Waals surface area contributed by atoms with Gasteiger partial charge in [-0.1, -0.05) is 23.7 Å². The van der Waals surface area contributed by atoms with Gasteiger partial charge in [0.25, 0.3) is 0 Å². The van der Waals surface area contributed by atoms with Crippen LogP contribution in [0.2, 0.25) is 5.02 Å². The lowest BCUT2D eigenvalue weighted by Gasteiger charge is -2.27. The van der Waals surface area contributed by atoms with Crippen LogP contribution in [0.15, 0.2) is 60.8 Å². The van der Waals surface area contributed by atoms with Crippen LogP contribution in [-0.4, -0.2) is 41.1 Å². The van der Waals surface area contributed by atoms with E-state index in [0.717, 1.165) is 35.4 Å². The molecule has 0 N–H and O–H groups in total. The van der Waals surface area contributed by atoms with Crippen LogP contribution in [0.1, 0.15) is 5.69 Å². The summed E-state index contributed by atoms with van der Waals surface area (Å²) in [6.07, 6.45) is -2.78. The van der Waals surface area contributed by atoms with Gasteiger partial charge in [0.1, 0.15) is 5.82 Å². The zero-order chi connectivity index (χ0) is 23.0. The molecule has 0 bridgehead atoms. The van der Waals surface area contributed by atoms with Crippen molar-refractivity contribution in [1.29, 1.82) is 0 Å². The van der Waals surface area contributed by atoms with Gasteiger partial charge in [0.15, 0.2) is 5.69 Å². The first-order valence-corrected chi connectivity index (χ1v) is 11.4. The standard InChI is InChI=1S/C23H18ClF3N4OS/c24-16-3-1-2-4-17(16)31-18(13-21(29-31)23(25,26)27)20-7-6-19(33-20)15-5-8-22(28-14-15)30-9-11-32-12-10-30/h1-8,13-14H,9-12H2. The molecule has 5 nitrogen and oxygen atoms in total. The highest BCUT2D eigenvalue weighted by Crippen LogP contribution is 2.39. The first-order valence-electron chi connectivity index (χ1n) is 10.2. The minimum Gasteiger partial charge on any atom is -0.378 e. The van der Waals surface area contributed by atoms with Crippen molar-refractivity contribution in [3.05, 3.63) is 71.5 Å². The summed E-state index contributed by atoms with van der Waals surface area (Å²) in [5.41, 5.74) is 0.632. The number of hydrogen-bond acceptors (Lipinski definition) is 5. The maximum Gasteiger partial charge on any atom is 0.435 e. The van der Waals surface area contributed by atoms with Gasteiger partial charge in [0.2, 0.25) is 0 Å². The van der Waals surface area contributed by atoms with Gasteiger partial charge in [-0.15, -0.1) is 11.3 Å². The molecule has 0 radical (unpaired) electrons. The summed E-state index contributed by atoms with van der Waals surface area (Å²) in [6.45, 7) is 2.94. The van der Waals surface area contributed by atoms with Crippen LogP contribution in [0.3, 0.4) is 0 Å². The minimum absolute atomic E-state index is 0.315. The number of ether oxygens (including phenoxy) is 1. The molecule has 10 heteroatoms. The van der Waals surface area contributed by atoms with Gasteiger partial charge in [-0.25, -0.2) is 9.67 Å². The SMILES string of the molecule is FC(F)(F)c1cc(-c2ccc(-c3ccc(N4CCOCC4)nc3)s2)n(-c2ccccc2Cl)n1. The zero-order valence-corrected chi connectivity index (χ0v) is 18.8. The molecular weight excluding hydrogens is 473 g/mol. The number of morpholine rings is 1. The fraction of sp³-hybridized carbons (Fsp3) is 0.217. The van der Waals surface area contributed by atoms with Gasteiger partial charge in [0, 0.05) is 29.7 Å². The molecule has 1 aliphatic heterocycles. The van der Waals surface area contributed by atoms with Crippen molar-refractivity contribution in [2.24, 2.45) is 0 Å². The van der Waals surface area contributed by atoms with Gasteiger partial charge in [-0.05, 0) is 42.5 Å². The monoisotopic (exact) mass is 490 g/mol. The van der Waals surface area contributed by atoms with E-state index in [4.69, 9.17) is 16.3 Å². The van der Waals surface area contributed by atoms with Crippen LogP contribution < -0.4 is 4.90 Å². The normalized spacial score (nSPS) is 14.6. The third-order valence-corrected chi connectivity index (χ3v) is 6.78. The van der Waals surface area contributed by atoms with Crippen molar-refractivity contribution in [1.82, 2.24) is 14.8 Å². The molecule has 0 unspecified atom stereocenters. The quantitative estimate of drug-likeness (QED) is 0.343. The second kappa shape index (κ2) is 8.81. The van der Waals surface area contributed by atoms with Crippen molar-refractivity contribution in [3.63, 3.8) is 0 Å². The van der Waals surface area contributed by atoms with E-state index in [2.05, 4.69) is 15.0 Å². The molecule has 1 fully saturated rings. The van der Waals surface area contributed by atoms with E-state index in [9.17, 15) is 13.2 Å². The van der Waals surface area contributed by atoms with Gasteiger partial charge in [-0.3, -0.25) is 0 Å². The molecule has 4 heterocycles. The largest absolute Gasteiger partial charge is 0.435 e. The summed E-state index contributed by atoms with van der Waals surface area (Å²) in [5.74, 6) is 0.880. The molecule has 1 aliphatic rings. The zero-order valence-electron chi connectivity index (χ0n) is 17.2. The highest BCUT2D eigenvalue weighted by atomic mass is 35.5. The Bertz CT molecular complexity index is 1260. The minimum atomic E-state index is -4.57. The number of benzene rings is 1. The number of aromatic nitrogens is 3. The summed E-state index contributed by atoms with van der Waals surface area (Å²) in [6, 6.07) is 15.3. The Morgan fingerprint density at radius 3 is 2.42 bits per heavy atom. The smallest absolute Gasteiger partial charge is 0.378 e. The number of nitrogens with zero attached hydrogens (tertiary/aromatic N) is 4. The number of halogens is 4. The van der Waals surface area contributed by atoms with Crippen molar-refractivity contribution in [3.8, 4) is 26.7 Å². The van der Waals surface area contributed by atoms with E-state index < -0.39 is 11.9 Å². The first kappa shape index (κ1) is 21.9. The average Bonchev–Trinajstić information content (AvgIpc) is 3.48. The predicted molar refractivity (Wildman–Crippen MR) is 123 cm³/mol. The number of hydrogen-bond donors (Lipinski definition) is 0. The molecule has 1 aromatic carbocycles. The Morgan fingerprint density at radius 2 is 1.73 bits per heavy atom. The number of anilines is 1. The second-order valence-electron chi connectivity index (χ2n) is 7.44. The van der Waals surface area contributed by atoms with E-state index >= 15 is 0 Å². The van der Waals surface area contributed by atoms with Crippen molar-refractivity contribution < 1.29 is 17.9 Å². The van der Waals surface area contributed by atoms with E-state index in [1.165, 1.54) is 16.0 Å². The van der Waals surface area contributed by atoms with Crippen LogP contribution in [0.5, 0.6) is 0 Å². The van der Waals surface area contributed by atoms with Crippen LogP contribution in [0.4, 0.5) is 19.0 Å². The summed E-state index contributed by atoms with van der Waals surface area (Å²) in [5, 5.41) is 4.14. The molecule has 0 amide bonds. The average molecular weight is 491 g/mol. The molecule has 0 atom stereocenters. The Balaban J connectivity index is 1.49. The molecule has 170 valence electrons. The number of pyridine rings is 1. The topological polar surface area (TPSA) is 43.2 Å². The van der Waals surface area contributed by atoms with Gasteiger partial charge in [0.05, 0.1) is 34.5 Å². The number of thiophene rings is 1. The highest BCUT2D eigenvalue weighted by molar-refractivity contribution is 7.18. The van der Waals surface area contributed by atoms with Crippen LogP contribution in [0.25, 0.3) is 26.7 Å². The summed E-state index contributed by atoms with van der Waals surface area (Å²) >= 11 is 7.64. The van der Waals surface area contributed by atoms with E-state index in [1.54, 1.807) is 36.5 Å². The van der Waals surface area contributed by atoms with Gasteiger partial charge < -0.3 is 9.64 Å².